The Morgan fingerprint density at radius 1 is 1.15 bits per heavy atom. The number of fused-ring (bicyclic) bond motifs is 1. The molecule has 6 nitrogen and oxygen atoms in total. The van der Waals surface area contributed by atoms with Crippen molar-refractivity contribution in [1.29, 1.82) is 0 Å². The Kier molecular flexibility index (Phi) is 5.11. The number of nitrogens with zero attached hydrogens (tertiary/aromatic N) is 1. The van der Waals surface area contributed by atoms with Crippen LogP contribution in [0, 0.1) is 0 Å². The number of ether oxygens (including phenoxy) is 2. The topological polar surface area (TPSA) is 76.2 Å². The number of H-pyrrole nitrogens is 1. The number of aromatic amines is 1. The SMILES string of the molecule is CC(C)(C)OC(=O)NCCc1cc(Oc2ccc3[nH]ccc3c2)ccn1. The molecule has 0 fully saturated rings. The molecular weight excluding hydrogens is 330 g/mol. The first-order valence-corrected chi connectivity index (χ1v) is 8.56. The lowest BCUT2D eigenvalue weighted by molar-refractivity contribution is 0.0528. The monoisotopic (exact) mass is 353 g/mol. The zero-order valence-electron chi connectivity index (χ0n) is 15.2. The van der Waals surface area contributed by atoms with E-state index in [0.717, 1.165) is 22.3 Å². The third-order valence-corrected chi connectivity index (χ3v) is 3.60. The standard InChI is InChI=1S/C20H23N3O3/c1-20(2,3)26-19(24)23-10-7-15-13-17(8-11-21-15)25-16-4-5-18-14(12-16)6-9-22-18/h4-6,8-9,11-13,22H,7,10H2,1-3H3,(H,23,24). The molecule has 1 amide bonds. The van der Waals surface area contributed by atoms with E-state index in [9.17, 15) is 4.79 Å². The van der Waals surface area contributed by atoms with Gasteiger partial charge in [0.05, 0.1) is 0 Å². The van der Waals surface area contributed by atoms with Crippen LogP contribution in [0.3, 0.4) is 0 Å². The Labute approximate surface area is 152 Å². The zero-order valence-corrected chi connectivity index (χ0v) is 15.2. The number of nitrogens with one attached hydrogen (secondary N) is 2. The molecule has 26 heavy (non-hydrogen) atoms. The van der Waals surface area contributed by atoms with Gasteiger partial charge in [-0.1, -0.05) is 0 Å². The first kappa shape index (κ1) is 17.8. The summed E-state index contributed by atoms with van der Waals surface area (Å²) >= 11 is 0. The van der Waals surface area contributed by atoms with Gasteiger partial charge in [-0.25, -0.2) is 4.79 Å². The third kappa shape index (κ3) is 4.99. The molecule has 2 heterocycles. The fraction of sp³-hybridized carbons (Fsp3) is 0.300. The summed E-state index contributed by atoms with van der Waals surface area (Å²) in [5.41, 5.74) is 1.40. The van der Waals surface area contributed by atoms with Crippen molar-refractivity contribution in [2.75, 3.05) is 6.54 Å². The number of hydrogen-bond donors (Lipinski definition) is 2. The Bertz CT molecular complexity index is 896. The maximum Gasteiger partial charge on any atom is 0.407 e. The molecule has 0 radical (unpaired) electrons. The lowest BCUT2D eigenvalue weighted by atomic mass is 10.2. The smallest absolute Gasteiger partial charge is 0.407 e. The van der Waals surface area contributed by atoms with Gasteiger partial charge in [-0.2, -0.15) is 0 Å². The molecule has 0 aliphatic heterocycles. The van der Waals surface area contributed by atoms with Crippen LogP contribution in [-0.4, -0.2) is 28.2 Å². The maximum absolute atomic E-state index is 11.7. The average Bonchev–Trinajstić information content (AvgIpc) is 3.01. The molecule has 136 valence electrons. The lowest BCUT2D eigenvalue weighted by Crippen LogP contribution is -2.33. The molecular formula is C20H23N3O3. The summed E-state index contributed by atoms with van der Waals surface area (Å²) < 4.78 is 11.1. The normalized spacial score (nSPS) is 11.3. The van der Waals surface area contributed by atoms with Gasteiger partial charge in [0.25, 0.3) is 0 Å². The van der Waals surface area contributed by atoms with Crippen LogP contribution >= 0.6 is 0 Å². The van der Waals surface area contributed by atoms with Crippen LogP contribution in [0.2, 0.25) is 0 Å². The molecule has 0 aliphatic carbocycles. The number of rotatable bonds is 5. The van der Waals surface area contributed by atoms with Gasteiger partial charge in [0.15, 0.2) is 0 Å². The van der Waals surface area contributed by atoms with Gasteiger partial charge in [-0.05, 0) is 51.1 Å². The van der Waals surface area contributed by atoms with Gasteiger partial charge < -0.3 is 19.8 Å². The summed E-state index contributed by atoms with van der Waals surface area (Å²) in [5, 5.41) is 3.82. The zero-order chi connectivity index (χ0) is 18.6. The lowest BCUT2D eigenvalue weighted by Gasteiger charge is -2.19. The quantitative estimate of drug-likeness (QED) is 0.712. The molecule has 0 bridgehead atoms. The van der Waals surface area contributed by atoms with Gasteiger partial charge in [0, 0.05) is 48.0 Å². The second-order valence-electron chi connectivity index (χ2n) is 6.99. The van der Waals surface area contributed by atoms with Crippen molar-refractivity contribution in [2.24, 2.45) is 0 Å². The summed E-state index contributed by atoms with van der Waals surface area (Å²) in [4.78, 5) is 19.1. The van der Waals surface area contributed by atoms with E-state index >= 15 is 0 Å². The summed E-state index contributed by atoms with van der Waals surface area (Å²) in [6, 6.07) is 11.6. The second-order valence-corrected chi connectivity index (χ2v) is 6.99. The average molecular weight is 353 g/mol. The number of pyridine rings is 1. The number of carbonyl (C=O) groups excluding carboxylic acids is 1. The largest absolute Gasteiger partial charge is 0.457 e. The van der Waals surface area contributed by atoms with Gasteiger partial charge >= 0.3 is 6.09 Å². The van der Waals surface area contributed by atoms with Crippen molar-refractivity contribution in [3.8, 4) is 11.5 Å². The minimum absolute atomic E-state index is 0.426. The van der Waals surface area contributed by atoms with E-state index in [1.165, 1.54) is 0 Å². The van der Waals surface area contributed by atoms with Crippen molar-refractivity contribution in [1.82, 2.24) is 15.3 Å². The third-order valence-electron chi connectivity index (χ3n) is 3.60. The van der Waals surface area contributed by atoms with Gasteiger partial charge in [-0.3, -0.25) is 4.98 Å². The predicted molar refractivity (Wildman–Crippen MR) is 101 cm³/mol. The van der Waals surface area contributed by atoms with E-state index in [2.05, 4.69) is 15.3 Å². The number of hydrogen-bond acceptors (Lipinski definition) is 4. The van der Waals surface area contributed by atoms with Crippen molar-refractivity contribution < 1.29 is 14.3 Å². The summed E-state index contributed by atoms with van der Waals surface area (Å²) in [5.74, 6) is 1.48. The highest BCUT2D eigenvalue weighted by atomic mass is 16.6. The first-order chi connectivity index (χ1) is 12.4. The van der Waals surface area contributed by atoms with Gasteiger partial charge in [0.2, 0.25) is 0 Å². The van der Waals surface area contributed by atoms with E-state index < -0.39 is 11.7 Å². The fourth-order valence-corrected chi connectivity index (χ4v) is 2.49. The number of benzene rings is 1. The fourth-order valence-electron chi connectivity index (χ4n) is 2.49. The molecule has 6 heteroatoms. The molecule has 3 rings (SSSR count). The summed E-state index contributed by atoms with van der Waals surface area (Å²) in [6.45, 7) is 5.94. The molecule has 0 saturated carbocycles. The van der Waals surface area contributed by atoms with E-state index in [-0.39, 0.29) is 0 Å². The van der Waals surface area contributed by atoms with E-state index in [0.29, 0.717) is 18.7 Å². The van der Waals surface area contributed by atoms with E-state index in [1.807, 2.05) is 63.4 Å². The number of amides is 1. The van der Waals surface area contributed by atoms with Crippen molar-refractivity contribution in [3.63, 3.8) is 0 Å². The predicted octanol–water partition coefficient (Wildman–Crippen LogP) is 4.42. The molecule has 1 aromatic carbocycles. The molecule has 0 spiro atoms. The Morgan fingerprint density at radius 2 is 1.96 bits per heavy atom. The first-order valence-electron chi connectivity index (χ1n) is 8.56. The van der Waals surface area contributed by atoms with Gasteiger partial charge in [0.1, 0.15) is 17.1 Å². The molecule has 3 aromatic rings. The number of carbonyl (C=O) groups is 1. The van der Waals surface area contributed by atoms with E-state index in [1.54, 1.807) is 6.20 Å². The Balaban J connectivity index is 1.57. The van der Waals surface area contributed by atoms with Crippen LogP contribution in [0.4, 0.5) is 4.79 Å². The van der Waals surface area contributed by atoms with Crippen LogP contribution in [0.5, 0.6) is 11.5 Å². The van der Waals surface area contributed by atoms with Crippen LogP contribution in [0.1, 0.15) is 26.5 Å². The Morgan fingerprint density at radius 3 is 2.77 bits per heavy atom. The number of alkyl carbamates (subject to hydrolysis) is 1. The molecule has 0 saturated heterocycles. The molecule has 2 N–H and O–H groups in total. The summed E-state index contributed by atoms with van der Waals surface area (Å²) in [7, 11) is 0. The van der Waals surface area contributed by atoms with Crippen molar-refractivity contribution in [3.05, 3.63) is 54.5 Å². The van der Waals surface area contributed by atoms with Crippen LogP contribution < -0.4 is 10.1 Å². The second kappa shape index (κ2) is 7.47. The van der Waals surface area contributed by atoms with E-state index in [4.69, 9.17) is 9.47 Å². The molecule has 0 unspecified atom stereocenters. The maximum atomic E-state index is 11.7. The van der Waals surface area contributed by atoms with Crippen molar-refractivity contribution in [2.45, 2.75) is 32.8 Å². The highest BCUT2D eigenvalue weighted by Crippen LogP contribution is 2.25. The van der Waals surface area contributed by atoms with Crippen LogP contribution in [0.15, 0.2) is 48.8 Å². The molecule has 0 atom stereocenters. The highest BCUT2D eigenvalue weighted by Gasteiger charge is 2.15. The summed E-state index contributed by atoms with van der Waals surface area (Å²) in [6.07, 6.45) is 3.77. The minimum atomic E-state index is -0.503. The van der Waals surface area contributed by atoms with Crippen molar-refractivity contribution >= 4 is 17.0 Å². The molecule has 0 aliphatic rings. The number of aromatic nitrogens is 2. The Hall–Kier alpha value is -3.02. The van der Waals surface area contributed by atoms with Gasteiger partial charge in [-0.15, -0.1) is 0 Å². The van der Waals surface area contributed by atoms with Crippen LogP contribution in [0.25, 0.3) is 10.9 Å². The molecule has 2 aromatic heterocycles. The highest BCUT2D eigenvalue weighted by molar-refractivity contribution is 5.80. The minimum Gasteiger partial charge on any atom is -0.457 e. The van der Waals surface area contributed by atoms with Crippen LogP contribution in [-0.2, 0) is 11.2 Å².